The Bertz CT molecular complexity index is 976. The Hall–Kier alpha value is -3.62. The largest absolute Gasteiger partial charge is 0.351 e. The molecular formula is C21H19F2N3O4. The van der Waals surface area contributed by atoms with E-state index in [0.717, 1.165) is 17.7 Å². The zero-order valence-corrected chi connectivity index (χ0v) is 15.9. The molecule has 1 aliphatic rings. The number of rotatable bonds is 7. The molecule has 1 heterocycles. The van der Waals surface area contributed by atoms with Crippen molar-refractivity contribution in [1.82, 2.24) is 10.2 Å². The van der Waals surface area contributed by atoms with Crippen LogP contribution in [-0.4, -0.2) is 35.1 Å². The van der Waals surface area contributed by atoms with Crippen molar-refractivity contribution in [2.45, 2.75) is 25.8 Å². The minimum Gasteiger partial charge on any atom is -0.351 e. The fraction of sp³-hybridized carbons (Fsp3) is 0.238. The van der Waals surface area contributed by atoms with Gasteiger partial charge in [-0.1, -0.05) is 12.1 Å². The number of hydrogen-bond acceptors (Lipinski definition) is 4. The number of amides is 4. The van der Waals surface area contributed by atoms with Crippen molar-refractivity contribution in [2.75, 3.05) is 11.9 Å². The van der Waals surface area contributed by atoms with Crippen molar-refractivity contribution in [3.8, 4) is 0 Å². The molecule has 0 unspecified atom stereocenters. The Labute approximate surface area is 171 Å². The van der Waals surface area contributed by atoms with Crippen molar-refractivity contribution in [3.05, 3.63) is 65.2 Å². The molecule has 0 aliphatic carbocycles. The predicted molar refractivity (Wildman–Crippen MR) is 103 cm³/mol. The van der Waals surface area contributed by atoms with Crippen LogP contribution in [0.15, 0.2) is 42.5 Å². The normalized spacial score (nSPS) is 13.5. The first-order chi connectivity index (χ1) is 14.3. The molecule has 1 aliphatic heterocycles. The van der Waals surface area contributed by atoms with Gasteiger partial charge >= 0.3 is 0 Å². The van der Waals surface area contributed by atoms with Gasteiger partial charge in [-0.05, 0) is 29.8 Å². The van der Waals surface area contributed by atoms with Gasteiger partial charge in [-0.25, -0.2) is 8.78 Å². The van der Waals surface area contributed by atoms with E-state index in [4.69, 9.17) is 0 Å². The first-order valence-electron chi connectivity index (χ1n) is 9.29. The maximum absolute atomic E-state index is 13.6. The fourth-order valence-electron chi connectivity index (χ4n) is 2.96. The Kier molecular flexibility index (Phi) is 6.51. The molecule has 156 valence electrons. The van der Waals surface area contributed by atoms with Crippen LogP contribution in [-0.2, 0) is 20.9 Å². The van der Waals surface area contributed by atoms with Crippen LogP contribution >= 0.6 is 0 Å². The summed E-state index contributed by atoms with van der Waals surface area (Å²) in [7, 11) is 0. The summed E-state index contributed by atoms with van der Waals surface area (Å²) in [5, 5.41) is 5.05. The van der Waals surface area contributed by atoms with Gasteiger partial charge < -0.3 is 10.6 Å². The second-order valence-corrected chi connectivity index (χ2v) is 6.75. The quantitative estimate of drug-likeness (QED) is 0.679. The lowest BCUT2D eigenvalue weighted by Gasteiger charge is -2.14. The van der Waals surface area contributed by atoms with Gasteiger partial charge in [-0.3, -0.25) is 24.1 Å². The summed E-state index contributed by atoms with van der Waals surface area (Å²) >= 11 is 0. The molecule has 0 atom stereocenters. The van der Waals surface area contributed by atoms with Crippen LogP contribution in [0.2, 0.25) is 0 Å². The van der Waals surface area contributed by atoms with Crippen LogP contribution in [0.3, 0.4) is 0 Å². The number of anilines is 1. The monoisotopic (exact) mass is 415 g/mol. The maximum Gasteiger partial charge on any atom is 0.254 e. The lowest BCUT2D eigenvalue weighted by molar-refractivity contribution is -0.139. The first-order valence-corrected chi connectivity index (χ1v) is 9.29. The van der Waals surface area contributed by atoms with E-state index in [0.29, 0.717) is 11.8 Å². The van der Waals surface area contributed by atoms with Crippen LogP contribution in [0.25, 0.3) is 0 Å². The fourth-order valence-corrected chi connectivity index (χ4v) is 2.96. The molecule has 0 bridgehead atoms. The number of nitrogens with zero attached hydrogens (tertiary/aromatic N) is 1. The number of imide groups is 1. The third-order valence-electron chi connectivity index (χ3n) is 4.55. The van der Waals surface area contributed by atoms with Gasteiger partial charge in [0, 0.05) is 37.6 Å². The van der Waals surface area contributed by atoms with Crippen LogP contribution in [0, 0.1) is 11.6 Å². The third-order valence-corrected chi connectivity index (χ3v) is 4.55. The van der Waals surface area contributed by atoms with E-state index in [1.165, 1.54) is 4.90 Å². The Morgan fingerprint density at radius 3 is 2.27 bits per heavy atom. The Morgan fingerprint density at radius 2 is 1.63 bits per heavy atom. The van der Waals surface area contributed by atoms with E-state index in [1.54, 1.807) is 24.3 Å². The Balaban J connectivity index is 1.45. The highest BCUT2D eigenvalue weighted by atomic mass is 19.1. The number of hydrogen-bond donors (Lipinski definition) is 2. The first kappa shape index (κ1) is 21.1. The van der Waals surface area contributed by atoms with E-state index in [1.807, 2.05) is 0 Å². The molecule has 7 nitrogen and oxygen atoms in total. The van der Waals surface area contributed by atoms with E-state index < -0.39 is 17.5 Å². The van der Waals surface area contributed by atoms with E-state index in [-0.39, 0.29) is 55.6 Å². The zero-order chi connectivity index (χ0) is 21.7. The van der Waals surface area contributed by atoms with E-state index >= 15 is 0 Å². The van der Waals surface area contributed by atoms with Crippen molar-refractivity contribution in [1.29, 1.82) is 0 Å². The summed E-state index contributed by atoms with van der Waals surface area (Å²) in [6, 6.07) is 9.31. The average Bonchev–Trinajstić information content (AvgIpc) is 3.01. The molecule has 0 saturated carbocycles. The summed E-state index contributed by atoms with van der Waals surface area (Å²) in [6.45, 7) is 0.163. The molecule has 2 aromatic rings. The molecule has 9 heteroatoms. The molecule has 2 aromatic carbocycles. The standard InChI is InChI=1S/C21H19F2N3O4/c22-14-3-6-16(17(23)11-14)21(30)24-10-9-18(27)25-15-4-1-13(2-5-15)12-26-19(28)7-8-20(26)29/h1-6,11H,7-10,12H2,(H,24,30)(H,25,27). The summed E-state index contributed by atoms with van der Waals surface area (Å²) in [4.78, 5) is 48.4. The van der Waals surface area contributed by atoms with E-state index in [9.17, 15) is 28.0 Å². The molecule has 1 saturated heterocycles. The number of carbonyl (C=O) groups excluding carboxylic acids is 4. The molecule has 3 rings (SSSR count). The lowest BCUT2D eigenvalue weighted by Crippen LogP contribution is -2.28. The molecule has 0 aromatic heterocycles. The number of nitrogens with one attached hydrogen (secondary N) is 2. The average molecular weight is 415 g/mol. The smallest absolute Gasteiger partial charge is 0.254 e. The van der Waals surface area contributed by atoms with Crippen LogP contribution < -0.4 is 10.6 Å². The van der Waals surface area contributed by atoms with Crippen LogP contribution in [0.1, 0.15) is 35.2 Å². The molecular weight excluding hydrogens is 396 g/mol. The lowest BCUT2D eigenvalue weighted by atomic mass is 10.2. The molecule has 1 fully saturated rings. The minimum absolute atomic E-state index is 0.0290. The Morgan fingerprint density at radius 1 is 0.967 bits per heavy atom. The van der Waals surface area contributed by atoms with Gasteiger partial charge in [0.25, 0.3) is 5.91 Å². The number of carbonyl (C=O) groups is 4. The molecule has 2 N–H and O–H groups in total. The molecule has 0 radical (unpaired) electrons. The summed E-state index contributed by atoms with van der Waals surface area (Å²) in [6.07, 6.45) is 0.418. The van der Waals surface area contributed by atoms with Crippen molar-refractivity contribution in [2.24, 2.45) is 0 Å². The summed E-state index contributed by atoms with van der Waals surface area (Å²) in [5.74, 6) is -3.26. The molecule has 30 heavy (non-hydrogen) atoms. The predicted octanol–water partition coefficient (Wildman–Crippen LogP) is 2.37. The van der Waals surface area contributed by atoms with Crippen molar-refractivity contribution in [3.63, 3.8) is 0 Å². The van der Waals surface area contributed by atoms with Gasteiger partial charge in [0.2, 0.25) is 17.7 Å². The number of benzene rings is 2. The van der Waals surface area contributed by atoms with Gasteiger partial charge in [0.15, 0.2) is 0 Å². The van der Waals surface area contributed by atoms with Gasteiger partial charge in [0.05, 0.1) is 12.1 Å². The zero-order valence-electron chi connectivity index (χ0n) is 15.9. The third kappa shape index (κ3) is 5.25. The highest BCUT2D eigenvalue weighted by Crippen LogP contribution is 2.17. The van der Waals surface area contributed by atoms with Crippen LogP contribution in [0.4, 0.5) is 14.5 Å². The summed E-state index contributed by atoms with van der Waals surface area (Å²) < 4.78 is 26.4. The second kappa shape index (κ2) is 9.25. The number of likely N-dealkylation sites (tertiary alicyclic amines) is 1. The topological polar surface area (TPSA) is 95.6 Å². The van der Waals surface area contributed by atoms with Crippen LogP contribution in [0.5, 0.6) is 0 Å². The summed E-state index contributed by atoms with van der Waals surface area (Å²) in [5.41, 5.74) is 0.964. The van der Waals surface area contributed by atoms with Gasteiger partial charge in [0.1, 0.15) is 11.6 Å². The molecule has 0 spiro atoms. The van der Waals surface area contributed by atoms with Crippen molar-refractivity contribution < 1.29 is 28.0 Å². The maximum atomic E-state index is 13.6. The van der Waals surface area contributed by atoms with Gasteiger partial charge in [-0.2, -0.15) is 0 Å². The highest BCUT2D eigenvalue weighted by molar-refractivity contribution is 6.01. The minimum atomic E-state index is -0.977. The second-order valence-electron chi connectivity index (χ2n) is 6.75. The van der Waals surface area contributed by atoms with E-state index in [2.05, 4.69) is 10.6 Å². The highest BCUT2D eigenvalue weighted by Gasteiger charge is 2.28. The number of halogens is 2. The van der Waals surface area contributed by atoms with Gasteiger partial charge in [-0.15, -0.1) is 0 Å². The SMILES string of the molecule is O=C(CCNC(=O)c1ccc(F)cc1F)Nc1ccc(CN2C(=O)CCC2=O)cc1. The molecule has 4 amide bonds. The van der Waals surface area contributed by atoms with Crippen molar-refractivity contribution >= 4 is 29.3 Å².